The number of anilines is 1. The molecule has 2 atom stereocenters. The largest absolute Gasteiger partial charge is 0.492 e. The molecule has 2 aromatic carbocycles. The lowest BCUT2D eigenvalue weighted by molar-refractivity contribution is -0.130. The number of likely N-dealkylation sites (tertiary alicyclic amines) is 1. The van der Waals surface area contributed by atoms with Gasteiger partial charge in [0.25, 0.3) is 0 Å². The molecule has 2 aromatic rings. The normalized spacial score (nSPS) is 18.9. The number of piperidine rings is 1. The van der Waals surface area contributed by atoms with E-state index in [1.54, 1.807) is 12.1 Å². The molecule has 3 rings (SSSR count). The minimum absolute atomic E-state index is 0.0605. The smallest absolute Gasteiger partial charge is 0.228 e. The van der Waals surface area contributed by atoms with Crippen molar-refractivity contribution in [3.63, 3.8) is 0 Å². The molecule has 1 fully saturated rings. The van der Waals surface area contributed by atoms with Crippen molar-refractivity contribution in [2.24, 2.45) is 17.8 Å². The van der Waals surface area contributed by atoms with E-state index in [2.05, 4.69) is 29.4 Å². The fraction of sp³-hybridized carbons (Fsp3) is 0.440. The van der Waals surface area contributed by atoms with Gasteiger partial charge in [-0.25, -0.2) is 4.39 Å². The van der Waals surface area contributed by atoms with Gasteiger partial charge in [-0.05, 0) is 48.7 Å². The number of benzene rings is 2. The van der Waals surface area contributed by atoms with Crippen LogP contribution in [0.15, 0.2) is 54.6 Å². The van der Waals surface area contributed by atoms with Gasteiger partial charge >= 0.3 is 0 Å². The Labute approximate surface area is 189 Å². The summed E-state index contributed by atoms with van der Waals surface area (Å²) in [5.41, 5.74) is 0.552. The summed E-state index contributed by atoms with van der Waals surface area (Å²) in [5.74, 6) is 0.0470. The molecule has 0 radical (unpaired) electrons. The summed E-state index contributed by atoms with van der Waals surface area (Å²) in [6.45, 7) is 7.08. The van der Waals surface area contributed by atoms with E-state index < -0.39 is 0 Å². The van der Waals surface area contributed by atoms with E-state index >= 15 is 0 Å². The zero-order valence-corrected chi connectivity index (χ0v) is 18.7. The summed E-state index contributed by atoms with van der Waals surface area (Å²) in [6, 6.07) is 15.2. The van der Waals surface area contributed by atoms with E-state index in [-0.39, 0.29) is 29.5 Å². The second kappa shape index (κ2) is 11.6. The van der Waals surface area contributed by atoms with E-state index in [1.165, 1.54) is 12.1 Å². The van der Waals surface area contributed by atoms with Crippen molar-refractivity contribution in [1.82, 2.24) is 10.2 Å². The lowest BCUT2D eigenvalue weighted by atomic mass is 9.87. The Bertz CT molecular complexity index is 874. The fourth-order valence-corrected chi connectivity index (χ4v) is 4.02. The summed E-state index contributed by atoms with van der Waals surface area (Å²) in [6.07, 6.45) is 0.479. The van der Waals surface area contributed by atoms with Crippen LogP contribution in [0, 0.1) is 23.6 Å². The van der Waals surface area contributed by atoms with Crippen LogP contribution in [0.4, 0.5) is 10.1 Å². The predicted octanol–water partition coefficient (Wildman–Crippen LogP) is 3.55. The molecule has 2 amide bonds. The standard InChI is InChI=1S/C25H32FN3O3/c1-18(2)15-29-16-19(24(30)27-12-13-32-23-6-4-3-5-7-23)14-20(17-29)25(31)28-22-10-8-21(26)9-11-22/h3-11,18-20H,12-17H2,1-2H3,(H,27,30)(H,28,31)/t19-,20+/m0/s1. The highest BCUT2D eigenvalue weighted by molar-refractivity contribution is 5.93. The molecule has 2 N–H and O–H groups in total. The molecule has 1 heterocycles. The van der Waals surface area contributed by atoms with Crippen LogP contribution in [0.5, 0.6) is 5.75 Å². The van der Waals surface area contributed by atoms with Gasteiger partial charge in [-0.1, -0.05) is 32.0 Å². The third kappa shape index (κ3) is 7.34. The molecule has 6 nitrogen and oxygen atoms in total. The molecule has 0 unspecified atom stereocenters. The van der Waals surface area contributed by atoms with Gasteiger partial charge in [0, 0.05) is 25.3 Å². The first-order valence-corrected chi connectivity index (χ1v) is 11.1. The van der Waals surface area contributed by atoms with Crippen molar-refractivity contribution in [1.29, 1.82) is 0 Å². The summed E-state index contributed by atoms with van der Waals surface area (Å²) in [7, 11) is 0. The summed E-state index contributed by atoms with van der Waals surface area (Å²) >= 11 is 0. The van der Waals surface area contributed by atoms with Crippen LogP contribution in [-0.4, -0.2) is 49.5 Å². The van der Waals surface area contributed by atoms with Gasteiger partial charge in [-0.3, -0.25) is 9.59 Å². The van der Waals surface area contributed by atoms with Crippen LogP contribution in [0.3, 0.4) is 0 Å². The monoisotopic (exact) mass is 441 g/mol. The van der Waals surface area contributed by atoms with E-state index in [0.29, 0.717) is 44.3 Å². The zero-order chi connectivity index (χ0) is 22.9. The van der Waals surface area contributed by atoms with Crippen molar-refractivity contribution in [3.8, 4) is 5.75 Å². The quantitative estimate of drug-likeness (QED) is 0.584. The first kappa shape index (κ1) is 23.7. The maximum absolute atomic E-state index is 13.1. The number of carbonyl (C=O) groups excluding carboxylic acids is 2. The topological polar surface area (TPSA) is 70.7 Å². The van der Waals surface area contributed by atoms with Crippen LogP contribution in [-0.2, 0) is 9.59 Å². The second-order valence-corrected chi connectivity index (χ2v) is 8.69. The van der Waals surface area contributed by atoms with E-state index in [0.717, 1.165) is 12.3 Å². The van der Waals surface area contributed by atoms with Crippen molar-refractivity contribution in [3.05, 3.63) is 60.4 Å². The Balaban J connectivity index is 1.55. The molecule has 32 heavy (non-hydrogen) atoms. The highest BCUT2D eigenvalue weighted by Gasteiger charge is 2.35. The first-order chi connectivity index (χ1) is 15.4. The van der Waals surface area contributed by atoms with Crippen molar-refractivity contribution in [2.75, 3.05) is 38.1 Å². The molecule has 1 aliphatic rings. The summed E-state index contributed by atoms with van der Waals surface area (Å²) in [4.78, 5) is 27.9. The minimum atomic E-state index is -0.350. The number of carbonyl (C=O) groups is 2. The molecule has 0 aromatic heterocycles. The van der Waals surface area contributed by atoms with E-state index in [9.17, 15) is 14.0 Å². The van der Waals surface area contributed by atoms with Gasteiger partial charge in [0.15, 0.2) is 0 Å². The summed E-state index contributed by atoms with van der Waals surface area (Å²) < 4.78 is 18.8. The van der Waals surface area contributed by atoms with Crippen molar-refractivity contribution in [2.45, 2.75) is 20.3 Å². The molecule has 1 aliphatic heterocycles. The molecule has 1 saturated heterocycles. The molecule has 7 heteroatoms. The van der Waals surface area contributed by atoms with Crippen LogP contribution in [0.25, 0.3) is 0 Å². The Hall–Kier alpha value is -2.93. The molecule has 0 spiro atoms. The highest BCUT2D eigenvalue weighted by atomic mass is 19.1. The van der Waals surface area contributed by atoms with Gasteiger partial charge in [0.1, 0.15) is 18.2 Å². The average molecular weight is 442 g/mol. The van der Waals surface area contributed by atoms with E-state index in [1.807, 2.05) is 30.3 Å². The SMILES string of the molecule is CC(C)CN1C[C@@H](C(=O)NCCOc2ccccc2)C[C@@H](C(=O)Nc2ccc(F)cc2)C1. The maximum Gasteiger partial charge on any atom is 0.228 e. The number of nitrogens with zero attached hydrogens (tertiary/aromatic N) is 1. The summed E-state index contributed by atoms with van der Waals surface area (Å²) in [5, 5.41) is 5.81. The van der Waals surface area contributed by atoms with Crippen LogP contribution < -0.4 is 15.4 Å². The van der Waals surface area contributed by atoms with Crippen molar-refractivity contribution < 1.29 is 18.7 Å². The second-order valence-electron chi connectivity index (χ2n) is 8.69. The van der Waals surface area contributed by atoms with Crippen molar-refractivity contribution >= 4 is 17.5 Å². The highest BCUT2D eigenvalue weighted by Crippen LogP contribution is 2.25. The lowest BCUT2D eigenvalue weighted by Crippen LogP contribution is -2.50. The number of para-hydroxylation sites is 1. The van der Waals surface area contributed by atoms with E-state index in [4.69, 9.17) is 4.74 Å². The molecular formula is C25H32FN3O3. The number of ether oxygens (including phenoxy) is 1. The first-order valence-electron chi connectivity index (χ1n) is 11.1. The number of rotatable bonds is 9. The number of hydrogen-bond donors (Lipinski definition) is 2. The van der Waals surface area contributed by atoms with Crippen LogP contribution >= 0.6 is 0 Å². The lowest BCUT2D eigenvalue weighted by Gasteiger charge is -2.37. The van der Waals surface area contributed by atoms with Gasteiger partial charge in [0.2, 0.25) is 11.8 Å². The Morgan fingerprint density at radius 2 is 1.69 bits per heavy atom. The van der Waals surface area contributed by atoms with Crippen LogP contribution in [0.1, 0.15) is 20.3 Å². The molecule has 0 saturated carbocycles. The third-order valence-corrected chi connectivity index (χ3v) is 5.42. The Morgan fingerprint density at radius 3 is 2.34 bits per heavy atom. The Morgan fingerprint density at radius 1 is 1.03 bits per heavy atom. The van der Waals surface area contributed by atoms with Crippen LogP contribution in [0.2, 0.25) is 0 Å². The van der Waals surface area contributed by atoms with Gasteiger partial charge in [0.05, 0.1) is 18.4 Å². The number of nitrogens with one attached hydrogen (secondary N) is 2. The number of amides is 2. The Kier molecular flexibility index (Phi) is 8.62. The predicted molar refractivity (Wildman–Crippen MR) is 123 cm³/mol. The molecule has 0 bridgehead atoms. The number of hydrogen-bond acceptors (Lipinski definition) is 4. The fourth-order valence-electron chi connectivity index (χ4n) is 4.02. The molecular weight excluding hydrogens is 409 g/mol. The maximum atomic E-state index is 13.1. The zero-order valence-electron chi connectivity index (χ0n) is 18.7. The molecule has 0 aliphatic carbocycles. The minimum Gasteiger partial charge on any atom is -0.492 e. The molecule has 172 valence electrons. The van der Waals surface area contributed by atoms with Gasteiger partial charge in [-0.2, -0.15) is 0 Å². The third-order valence-electron chi connectivity index (χ3n) is 5.42. The van der Waals surface area contributed by atoms with Gasteiger partial charge < -0.3 is 20.3 Å². The average Bonchev–Trinajstić information content (AvgIpc) is 2.78. The number of halogens is 1. The van der Waals surface area contributed by atoms with Gasteiger partial charge in [-0.15, -0.1) is 0 Å².